The fourth-order valence-electron chi connectivity index (χ4n) is 4.23. The van der Waals surface area contributed by atoms with Gasteiger partial charge in [-0.05, 0) is 60.5 Å². The number of aromatic hydroxyl groups is 1. The lowest BCUT2D eigenvalue weighted by Gasteiger charge is -2.14. The summed E-state index contributed by atoms with van der Waals surface area (Å²) in [7, 11) is 0. The molecule has 5 aromatic rings. The number of phenols is 1. The summed E-state index contributed by atoms with van der Waals surface area (Å²) in [5.41, 5.74) is 2.01. The van der Waals surface area contributed by atoms with E-state index in [0.717, 1.165) is 13.0 Å². The first-order valence-corrected chi connectivity index (χ1v) is 12.9. The number of carbonyl (C=O) groups is 2. The van der Waals surface area contributed by atoms with Gasteiger partial charge in [0.05, 0.1) is 18.3 Å². The van der Waals surface area contributed by atoms with Crippen LogP contribution >= 0.6 is 24.0 Å². The van der Waals surface area contributed by atoms with E-state index in [4.69, 9.17) is 16.0 Å². The van der Waals surface area contributed by atoms with Crippen LogP contribution in [0.2, 0.25) is 5.02 Å². The van der Waals surface area contributed by atoms with E-state index >= 15 is 0 Å². The Balaban J connectivity index is 0.00000405. The fourth-order valence-corrected chi connectivity index (χ4v) is 4.39. The Bertz CT molecular complexity index is 1750. The van der Waals surface area contributed by atoms with Gasteiger partial charge < -0.3 is 24.7 Å². The number of furan rings is 1. The van der Waals surface area contributed by atoms with E-state index in [9.17, 15) is 20.0 Å². The van der Waals surface area contributed by atoms with Crippen molar-refractivity contribution < 1.29 is 19.1 Å². The largest absolute Gasteiger partial charge is 0.507 e. The Hall–Kier alpha value is -5.11. The highest BCUT2D eigenvalue weighted by Crippen LogP contribution is 2.37. The average molecular weight is 603 g/mol. The molecule has 10 nitrogen and oxygen atoms in total. The molecule has 0 unspecified atom stereocenters. The van der Waals surface area contributed by atoms with Crippen LogP contribution in [0.5, 0.6) is 5.75 Å². The number of aromatic nitrogens is 3. The van der Waals surface area contributed by atoms with E-state index < -0.39 is 5.91 Å². The van der Waals surface area contributed by atoms with Crippen molar-refractivity contribution >= 4 is 41.6 Å². The third-order valence-corrected chi connectivity index (χ3v) is 6.45. The molecule has 0 atom stereocenters. The van der Waals surface area contributed by atoms with Gasteiger partial charge in [0.25, 0.3) is 11.8 Å². The number of phenolic OH excluding ortho intramolecular Hbond substituents is 1. The van der Waals surface area contributed by atoms with Crippen molar-refractivity contribution in [2.45, 2.75) is 13.0 Å². The number of hydrogen-bond acceptors (Lipinski definition) is 7. The number of nitrogens with one attached hydrogen (secondary N) is 2. The number of amides is 2. The molecule has 0 aliphatic carbocycles. The number of nitrogens with zero attached hydrogens (tertiary/aromatic N) is 4. The molecule has 3 aromatic heterocycles. The van der Waals surface area contributed by atoms with Crippen molar-refractivity contribution in [3.8, 4) is 34.2 Å². The van der Waals surface area contributed by atoms with Crippen LogP contribution in [0.4, 0.5) is 5.82 Å². The van der Waals surface area contributed by atoms with Gasteiger partial charge >= 0.3 is 0 Å². The smallest absolute Gasteiger partial charge is 0.292 e. The molecule has 0 fully saturated rings. The van der Waals surface area contributed by atoms with E-state index in [1.807, 2.05) is 10.8 Å². The summed E-state index contributed by atoms with van der Waals surface area (Å²) < 4.78 is 7.11. The molecular formula is C30H24Cl2N6O4. The molecular weight excluding hydrogens is 579 g/mol. The molecule has 0 saturated heterocycles. The number of imidazole rings is 1. The van der Waals surface area contributed by atoms with Crippen molar-refractivity contribution in [2.24, 2.45) is 0 Å². The fraction of sp³-hybridized carbons (Fsp3) is 0.100. The van der Waals surface area contributed by atoms with Crippen molar-refractivity contribution in [2.75, 3.05) is 11.9 Å². The van der Waals surface area contributed by atoms with Crippen molar-refractivity contribution in [3.63, 3.8) is 0 Å². The zero-order valence-corrected chi connectivity index (χ0v) is 23.5. The summed E-state index contributed by atoms with van der Waals surface area (Å²) in [4.78, 5) is 34.2. The lowest BCUT2D eigenvalue weighted by molar-refractivity contribution is 0.0951. The monoisotopic (exact) mass is 602 g/mol. The van der Waals surface area contributed by atoms with Gasteiger partial charge in [0, 0.05) is 47.2 Å². The first-order chi connectivity index (χ1) is 19.9. The van der Waals surface area contributed by atoms with E-state index in [0.29, 0.717) is 33.8 Å². The molecule has 0 spiro atoms. The van der Waals surface area contributed by atoms with Gasteiger partial charge in [-0.3, -0.25) is 9.59 Å². The Morgan fingerprint density at radius 3 is 2.64 bits per heavy atom. The highest BCUT2D eigenvalue weighted by Gasteiger charge is 2.21. The number of nitriles is 1. The van der Waals surface area contributed by atoms with Crippen LogP contribution in [0.15, 0.2) is 90.1 Å². The van der Waals surface area contributed by atoms with Gasteiger partial charge in [0.2, 0.25) is 0 Å². The van der Waals surface area contributed by atoms with Crippen LogP contribution in [-0.4, -0.2) is 38.0 Å². The second-order valence-electron chi connectivity index (χ2n) is 8.97. The first-order valence-electron chi connectivity index (χ1n) is 12.6. The van der Waals surface area contributed by atoms with Crippen molar-refractivity contribution in [3.05, 3.63) is 108 Å². The van der Waals surface area contributed by atoms with Crippen molar-refractivity contribution in [1.82, 2.24) is 19.9 Å². The number of anilines is 1. The summed E-state index contributed by atoms with van der Waals surface area (Å²) in [6.45, 7) is 1.18. The predicted octanol–water partition coefficient (Wildman–Crippen LogP) is 5.93. The minimum absolute atomic E-state index is 0. The van der Waals surface area contributed by atoms with Gasteiger partial charge in [-0.25, -0.2) is 9.97 Å². The van der Waals surface area contributed by atoms with Crippen LogP contribution in [0.1, 0.15) is 32.9 Å². The molecule has 0 aliphatic rings. The molecule has 0 radical (unpaired) electrons. The van der Waals surface area contributed by atoms with Crippen molar-refractivity contribution in [1.29, 1.82) is 5.26 Å². The molecule has 5 rings (SSSR count). The van der Waals surface area contributed by atoms with Gasteiger partial charge in [-0.1, -0.05) is 23.7 Å². The summed E-state index contributed by atoms with van der Waals surface area (Å²) >= 11 is 6.02. The SMILES string of the molecule is Cl.N#Cc1c(-c2cccc(C(=O)NCCCn3ccnc3)c2)cc(-c2ccc(Cl)cc2O)nc1NC(=O)c1ccco1. The summed E-state index contributed by atoms with van der Waals surface area (Å²) in [5, 5.41) is 26.6. The Morgan fingerprint density at radius 1 is 1.07 bits per heavy atom. The molecule has 0 saturated carbocycles. The number of carbonyl (C=O) groups excluding carboxylic acids is 2. The summed E-state index contributed by atoms with van der Waals surface area (Å²) in [6, 6.07) is 18.1. The summed E-state index contributed by atoms with van der Waals surface area (Å²) in [5.74, 6) is -1.01. The third-order valence-electron chi connectivity index (χ3n) is 6.22. The second kappa shape index (κ2) is 13.5. The maximum atomic E-state index is 12.9. The normalized spacial score (nSPS) is 10.4. The van der Waals surface area contributed by atoms with E-state index in [-0.39, 0.29) is 46.9 Å². The quantitative estimate of drug-likeness (QED) is 0.177. The molecule has 3 N–H and O–H groups in total. The van der Waals surface area contributed by atoms with Crippen LogP contribution in [0.3, 0.4) is 0 Å². The zero-order valence-electron chi connectivity index (χ0n) is 22.0. The van der Waals surface area contributed by atoms with E-state index in [2.05, 4.69) is 26.7 Å². The molecule has 3 heterocycles. The number of benzene rings is 2. The Labute approximate surface area is 252 Å². The van der Waals surface area contributed by atoms with Gasteiger partial charge in [0.1, 0.15) is 17.4 Å². The number of pyridine rings is 1. The third kappa shape index (κ3) is 6.78. The number of hydrogen-bond donors (Lipinski definition) is 3. The minimum atomic E-state index is -0.605. The van der Waals surface area contributed by atoms with Gasteiger partial charge in [-0.15, -0.1) is 12.4 Å². The van der Waals surface area contributed by atoms with Crippen LogP contribution < -0.4 is 10.6 Å². The number of halogens is 2. The number of rotatable bonds is 9. The standard InChI is InChI=1S/C30H23ClN6O4.ClH/c31-21-7-8-22(26(38)15-21)25-16-23(24(17-32)28(35-25)36-30(40)27-6-2-13-41-27)19-4-1-5-20(14-19)29(39)34-9-3-11-37-12-10-33-18-37;/h1-2,4-8,10,12-16,18,38H,3,9,11H2,(H,34,39)(H,35,36,40);1H. The molecule has 212 valence electrons. The zero-order chi connectivity index (χ0) is 28.8. The predicted molar refractivity (Wildman–Crippen MR) is 160 cm³/mol. The second-order valence-corrected chi connectivity index (χ2v) is 9.41. The molecule has 2 amide bonds. The maximum absolute atomic E-state index is 12.9. The molecule has 12 heteroatoms. The highest BCUT2D eigenvalue weighted by molar-refractivity contribution is 6.30. The first kappa shape index (κ1) is 29.9. The molecule has 2 aromatic carbocycles. The summed E-state index contributed by atoms with van der Waals surface area (Å²) in [6.07, 6.45) is 7.35. The van der Waals surface area contributed by atoms with Gasteiger partial charge in [-0.2, -0.15) is 5.26 Å². The van der Waals surface area contributed by atoms with E-state index in [1.54, 1.807) is 61.1 Å². The van der Waals surface area contributed by atoms with E-state index in [1.165, 1.54) is 18.4 Å². The lowest BCUT2D eigenvalue weighted by Crippen LogP contribution is -2.25. The Morgan fingerprint density at radius 2 is 1.93 bits per heavy atom. The highest BCUT2D eigenvalue weighted by atomic mass is 35.5. The van der Waals surface area contributed by atoms with Crippen LogP contribution in [0, 0.1) is 11.3 Å². The van der Waals surface area contributed by atoms with Gasteiger partial charge in [0.15, 0.2) is 11.6 Å². The topological polar surface area (TPSA) is 146 Å². The molecule has 0 bridgehead atoms. The molecule has 42 heavy (non-hydrogen) atoms. The maximum Gasteiger partial charge on any atom is 0.292 e. The van der Waals surface area contributed by atoms with Crippen LogP contribution in [-0.2, 0) is 6.54 Å². The molecule has 0 aliphatic heterocycles. The van der Waals surface area contributed by atoms with Crippen LogP contribution in [0.25, 0.3) is 22.4 Å². The minimum Gasteiger partial charge on any atom is -0.507 e. The lowest BCUT2D eigenvalue weighted by atomic mass is 9.96. The average Bonchev–Trinajstić information content (AvgIpc) is 3.70. The number of aryl methyl sites for hydroxylation is 1. The Kier molecular flexibility index (Phi) is 9.60.